The molecule has 1 aliphatic heterocycles. The Morgan fingerprint density at radius 1 is 1.32 bits per heavy atom. The van der Waals surface area contributed by atoms with E-state index in [1.807, 2.05) is 18.2 Å². The highest BCUT2D eigenvalue weighted by molar-refractivity contribution is 6.31. The minimum Gasteiger partial charge on any atom is -0.383 e. The zero-order valence-electron chi connectivity index (χ0n) is 15.1. The summed E-state index contributed by atoms with van der Waals surface area (Å²) in [5.74, 6) is 0.796. The van der Waals surface area contributed by atoms with Gasteiger partial charge < -0.3 is 20.1 Å². The molecule has 0 bridgehead atoms. The van der Waals surface area contributed by atoms with Gasteiger partial charge in [-0.1, -0.05) is 29.8 Å². The number of morpholine rings is 1. The van der Waals surface area contributed by atoms with E-state index in [1.54, 1.807) is 7.11 Å². The van der Waals surface area contributed by atoms with Gasteiger partial charge >= 0.3 is 0 Å². The summed E-state index contributed by atoms with van der Waals surface area (Å²) >= 11 is 6.46. The summed E-state index contributed by atoms with van der Waals surface area (Å²) in [5.41, 5.74) is 1.11. The minimum absolute atomic E-state index is 0.135. The van der Waals surface area contributed by atoms with Crippen LogP contribution in [0.15, 0.2) is 29.3 Å². The van der Waals surface area contributed by atoms with Crippen molar-refractivity contribution in [3.05, 3.63) is 34.9 Å². The second-order valence-electron chi connectivity index (χ2n) is 5.82. The van der Waals surface area contributed by atoms with E-state index in [4.69, 9.17) is 26.1 Å². The van der Waals surface area contributed by atoms with Crippen molar-refractivity contribution in [2.75, 3.05) is 59.7 Å². The van der Waals surface area contributed by atoms with Crippen molar-refractivity contribution >= 4 is 17.6 Å². The summed E-state index contributed by atoms with van der Waals surface area (Å²) in [4.78, 5) is 7.17. The summed E-state index contributed by atoms with van der Waals surface area (Å²) in [6, 6.07) is 8.15. The zero-order chi connectivity index (χ0) is 17.9. The van der Waals surface area contributed by atoms with Gasteiger partial charge in [-0.05, 0) is 18.6 Å². The van der Waals surface area contributed by atoms with Crippen LogP contribution in [0.25, 0.3) is 0 Å². The average Bonchev–Trinajstić information content (AvgIpc) is 2.64. The van der Waals surface area contributed by atoms with Crippen molar-refractivity contribution in [3.63, 3.8) is 0 Å². The van der Waals surface area contributed by atoms with Crippen LogP contribution in [0.2, 0.25) is 5.02 Å². The highest BCUT2D eigenvalue weighted by Crippen LogP contribution is 2.28. The van der Waals surface area contributed by atoms with Crippen LogP contribution in [0.3, 0.4) is 0 Å². The fourth-order valence-corrected chi connectivity index (χ4v) is 3.10. The fraction of sp³-hybridized carbons (Fsp3) is 0.611. The molecule has 1 saturated heterocycles. The van der Waals surface area contributed by atoms with Gasteiger partial charge in [0.05, 0.1) is 32.4 Å². The van der Waals surface area contributed by atoms with Crippen LogP contribution in [0.5, 0.6) is 0 Å². The van der Waals surface area contributed by atoms with E-state index >= 15 is 0 Å². The van der Waals surface area contributed by atoms with E-state index in [0.29, 0.717) is 13.2 Å². The monoisotopic (exact) mass is 368 g/mol. The number of methoxy groups -OCH3 is 1. The molecule has 1 fully saturated rings. The molecule has 1 unspecified atom stereocenters. The Kier molecular flexibility index (Phi) is 9.04. The number of ether oxygens (including phenoxy) is 2. The molecule has 0 amide bonds. The molecular weight excluding hydrogens is 340 g/mol. The van der Waals surface area contributed by atoms with E-state index in [0.717, 1.165) is 55.9 Å². The Bertz CT molecular complexity index is 536. The number of hydrogen-bond acceptors (Lipinski definition) is 4. The van der Waals surface area contributed by atoms with Crippen LogP contribution < -0.4 is 10.6 Å². The zero-order valence-corrected chi connectivity index (χ0v) is 15.9. The first-order valence-corrected chi connectivity index (χ1v) is 9.21. The topological polar surface area (TPSA) is 58.1 Å². The molecule has 2 rings (SSSR count). The molecule has 0 radical (unpaired) electrons. The second-order valence-corrected chi connectivity index (χ2v) is 6.23. The van der Waals surface area contributed by atoms with E-state index < -0.39 is 0 Å². The number of aliphatic imine (C=N–C) groups is 1. The van der Waals surface area contributed by atoms with Crippen LogP contribution in [0.1, 0.15) is 18.5 Å². The normalized spacial score (nSPS) is 17.3. The molecule has 0 spiro atoms. The molecule has 140 valence electrons. The van der Waals surface area contributed by atoms with Gasteiger partial charge in [-0.3, -0.25) is 9.89 Å². The summed E-state index contributed by atoms with van der Waals surface area (Å²) in [6.45, 7) is 8.13. The standard InChI is InChI=1S/C18H29ClN4O2/c1-3-20-18(21-8-11-24-2)22-14-17(23-9-12-25-13-10-23)15-6-4-5-7-16(15)19/h4-7,17H,3,8-14H2,1-2H3,(H2,20,21,22). The van der Waals surface area contributed by atoms with Gasteiger partial charge in [0.1, 0.15) is 0 Å². The maximum absolute atomic E-state index is 6.46. The Hall–Kier alpha value is -1.34. The lowest BCUT2D eigenvalue weighted by Gasteiger charge is -2.34. The number of hydrogen-bond donors (Lipinski definition) is 2. The molecule has 1 aliphatic rings. The highest BCUT2D eigenvalue weighted by Gasteiger charge is 2.24. The number of nitrogens with zero attached hydrogens (tertiary/aromatic N) is 2. The maximum Gasteiger partial charge on any atom is 0.191 e. The lowest BCUT2D eigenvalue weighted by molar-refractivity contribution is 0.0180. The third-order valence-corrected chi connectivity index (χ3v) is 4.46. The number of benzene rings is 1. The quantitative estimate of drug-likeness (QED) is 0.417. The lowest BCUT2D eigenvalue weighted by atomic mass is 10.0. The summed E-state index contributed by atoms with van der Waals surface area (Å²) < 4.78 is 10.6. The first-order valence-electron chi connectivity index (χ1n) is 8.83. The molecule has 7 heteroatoms. The number of halogens is 1. The van der Waals surface area contributed by atoms with Gasteiger partial charge in [-0.2, -0.15) is 0 Å². The van der Waals surface area contributed by atoms with Crippen LogP contribution in [0.4, 0.5) is 0 Å². The van der Waals surface area contributed by atoms with Gasteiger partial charge in [0.15, 0.2) is 5.96 Å². The third kappa shape index (κ3) is 6.47. The molecule has 0 saturated carbocycles. The van der Waals surface area contributed by atoms with Gasteiger partial charge in [0.25, 0.3) is 0 Å². The number of nitrogens with one attached hydrogen (secondary N) is 2. The predicted octanol–water partition coefficient (Wildman–Crippen LogP) is 1.91. The first kappa shape index (κ1) is 20.0. The van der Waals surface area contributed by atoms with Gasteiger partial charge in [-0.25, -0.2) is 0 Å². The molecule has 0 aliphatic carbocycles. The molecule has 2 N–H and O–H groups in total. The predicted molar refractivity (Wildman–Crippen MR) is 102 cm³/mol. The van der Waals surface area contributed by atoms with Crippen LogP contribution in [-0.4, -0.2) is 70.5 Å². The molecule has 1 aromatic carbocycles. The lowest BCUT2D eigenvalue weighted by Crippen LogP contribution is -2.42. The summed E-state index contributed by atoms with van der Waals surface area (Å²) in [6.07, 6.45) is 0. The van der Waals surface area contributed by atoms with Gasteiger partial charge in [0.2, 0.25) is 0 Å². The van der Waals surface area contributed by atoms with Gasteiger partial charge in [-0.15, -0.1) is 0 Å². The second kappa shape index (κ2) is 11.3. The average molecular weight is 369 g/mol. The van der Waals surface area contributed by atoms with E-state index in [1.165, 1.54) is 0 Å². The molecule has 1 atom stereocenters. The molecule has 6 nitrogen and oxygen atoms in total. The summed E-state index contributed by atoms with van der Waals surface area (Å²) in [5, 5.41) is 7.34. The van der Waals surface area contributed by atoms with Crippen LogP contribution in [-0.2, 0) is 9.47 Å². The van der Waals surface area contributed by atoms with Crippen molar-refractivity contribution in [3.8, 4) is 0 Å². The number of rotatable bonds is 8. The Balaban J connectivity index is 2.13. The van der Waals surface area contributed by atoms with Gasteiger partial charge in [0, 0.05) is 38.3 Å². The Morgan fingerprint density at radius 3 is 2.76 bits per heavy atom. The van der Waals surface area contributed by atoms with E-state index in [-0.39, 0.29) is 6.04 Å². The SMILES string of the molecule is CCNC(=NCC(c1ccccc1Cl)N1CCOCC1)NCCOC. The largest absolute Gasteiger partial charge is 0.383 e. The van der Waals surface area contributed by atoms with Crippen molar-refractivity contribution in [1.29, 1.82) is 0 Å². The smallest absolute Gasteiger partial charge is 0.191 e. The van der Waals surface area contributed by atoms with E-state index in [2.05, 4.69) is 28.5 Å². The molecule has 1 aromatic rings. The Morgan fingerprint density at radius 2 is 2.08 bits per heavy atom. The highest BCUT2D eigenvalue weighted by atomic mass is 35.5. The molecule has 0 aromatic heterocycles. The number of guanidine groups is 1. The van der Waals surface area contributed by atoms with Crippen molar-refractivity contribution in [1.82, 2.24) is 15.5 Å². The summed E-state index contributed by atoms with van der Waals surface area (Å²) in [7, 11) is 1.69. The van der Waals surface area contributed by atoms with Crippen LogP contribution in [0, 0.1) is 0 Å². The maximum atomic E-state index is 6.46. The van der Waals surface area contributed by atoms with Crippen molar-refractivity contribution in [2.45, 2.75) is 13.0 Å². The van der Waals surface area contributed by atoms with Crippen LogP contribution >= 0.6 is 11.6 Å². The molecule has 25 heavy (non-hydrogen) atoms. The van der Waals surface area contributed by atoms with E-state index in [9.17, 15) is 0 Å². The van der Waals surface area contributed by atoms with Crippen molar-refractivity contribution < 1.29 is 9.47 Å². The Labute approximate surface area is 155 Å². The molecular formula is C18H29ClN4O2. The molecule has 1 heterocycles. The fourth-order valence-electron chi connectivity index (χ4n) is 2.84. The van der Waals surface area contributed by atoms with Crippen molar-refractivity contribution in [2.24, 2.45) is 4.99 Å². The first-order chi connectivity index (χ1) is 12.3. The third-order valence-electron chi connectivity index (χ3n) is 4.12. The minimum atomic E-state index is 0.135.